The fourth-order valence-electron chi connectivity index (χ4n) is 2.35. The molecule has 0 saturated carbocycles. The van der Waals surface area contributed by atoms with E-state index in [1.54, 1.807) is 6.07 Å². The molecule has 1 heterocycles. The Hall–Kier alpha value is -1.59. The first-order valence-electron chi connectivity index (χ1n) is 6.61. The molecule has 0 aromatic heterocycles. The topological polar surface area (TPSA) is 76.4 Å². The predicted molar refractivity (Wildman–Crippen MR) is 74.9 cm³/mol. The van der Waals surface area contributed by atoms with Crippen LogP contribution >= 0.6 is 0 Å². The molecule has 1 aliphatic heterocycles. The van der Waals surface area contributed by atoms with Crippen molar-refractivity contribution in [2.45, 2.75) is 38.8 Å². The minimum atomic E-state index is -0.129. The lowest BCUT2D eigenvalue weighted by atomic mass is 10.1. The lowest BCUT2D eigenvalue weighted by Crippen LogP contribution is -2.41. The Kier molecular flexibility index (Phi) is 4.39. The highest BCUT2D eigenvalue weighted by Crippen LogP contribution is 2.19. The normalized spacial score (nSPS) is 20.1. The second kappa shape index (κ2) is 6.04. The highest BCUT2D eigenvalue weighted by atomic mass is 16.5. The number of anilines is 1. The number of ether oxygens (including phenoxy) is 1. The molecule has 4 N–H and O–H groups in total. The number of carbonyl (C=O) groups is 1. The van der Waals surface area contributed by atoms with Gasteiger partial charge in [0.2, 0.25) is 0 Å². The molecule has 0 spiro atoms. The third kappa shape index (κ3) is 3.24. The van der Waals surface area contributed by atoms with Gasteiger partial charge in [-0.25, -0.2) is 0 Å². The number of aryl methyl sites for hydroxylation is 1. The van der Waals surface area contributed by atoms with E-state index in [1.807, 2.05) is 26.0 Å². The first kappa shape index (κ1) is 13.8. The number of hydrogen-bond donors (Lipinski definition) is 3. The molecule has 1 aromatic carbocycles. The van der Waals surface area contributed by atoms with Gasteiger partial charge in [0.15, 0.2) is 0 Å². The summed E-state index contributed by atoms with van der Waals surface area (Å²) >= 11 is 0. The fraction of sp³-hybridized carbons (Fsp3) is 0.500. The van der Waals surface area contributed by atoms with Crippen LogP contribution in [0.15, 0.2) is 18.2 Å². The molecule has 1 aliphatic rings. The van der Waals surface area contributed by atoms with Crippen molar-refractivity contribution in [3.05, 3.63) is 29.3 Å². The van der Waals surface area contributed by atoms with E-state index in [9.17, 15) is 4.79 Å². The number of benzene rings is 1. The number of nitrogens with two attached hydrogens (primary N) is 1. The zero-order chi connectivity index (χ0) is 13.8. The molecular formula is C14H21N3O2. The number of carbonyl (C=O) groups excluding carboxylic acids is 1. The van der Waals surface area contributed by atoms with E-state index < -0.39 is 0 Å². The van der Waals surface area contributed by atoms with Crippen molar-refractivity contribution >= 4 is 11.6 Å². The smallest absolute Gasteiger partial charge is 0.253 e. The van der Waals surface area contributed by atoms with Crippen LogP contribution in [0.2, 0.25) is 0 Å². The maximum atomic E-state index is 12.2. The molecule has 19 heavy (non-hydrogen) atoms. The van der Waals surface area contributed by atoms with E-state index in [0.29, 0.717) is 11.3 Å². The van der Waals surface area contributed by atoms with Gasteiger partial charge in [0, 0.05) is 6.61 Å². The first-order valence-corrected chi connectivity index (χ1v) is 6.61. The monoisotopic (exact) mass is 263 g/mol. The van der Waals surface area contributed by atoms with Crippen LogP contribution in [0.25, 0.3) is 0 Å². The first-order chi connectivity index (χ1) is 9.11. The largest absolute Gasteiger partial charge is 0.376 e. The van der Waals surface area contributed by atoms with E-state index in [2.05, 4.69) is 10.7 Å². The lowest BCUT2D eigenvalue weighted by molar-refractivity contribution is 0.0713. The number of nitrogen functional groups attached to an aromatic ring is 1. The van der Waals surface area contributed by atoms with Gasteiger partial charge in [-0.05, 0) is 44.4 Å². The highest BCUT2D eigenvalue weighted by Gasteiger charge is 2.24. The summed E-state index contributed by atoms with van der Waals surface area (Å²) in [5.41, 5.74) is 4.81. The van der Waals surface area contributed by atoms with Gasteiger partial charge < -0.3 is 15.5 Å². The van der Waals surface area contributed by atoms with Crippen LogP contribution in [0.5, 0.6) is 0 Å². The van der Waals surface area contributed by atoms with Crippen LogP contribution in [-0.4, -0.2) is 24.7 Å². The molecule has 1 saturated heterocycles. The molecule has 2 rings (SSSR count). The quantitative estimate of drug-likeness (QED) is 0.569. The molecule has 0 radical (unpaired) electrons. The maximum absolute atomic E-state index is 12.2. The Morgan fingerprint density at radius 2 is 2.32 bits per heavy atom. The van der Waals surface area contributed by atoms with Crippen LogP contribution in [0.4, 0.5) is 5.69 Å². The van der Waals surface area contributed by atoms with E-state index in [4.69, 9.17) is 10.6 Å². The van der Waals surface area contributed by atoms with E-state index in [-0.39, 0.29) is 18.1 Å². The van der Waals surface area contributed by atoms with Crippen molar-refractivity contribution in [1.29, 1.82) is 0 Å². The average Bonchev–Trinajstić information content (AvgIpc) is 2.92. The van der Waals surface area contributed by atoms with Crippen molar-refractivity contribution in [2.75, 3.05) is 12.0 Å². The zero-order valence-corrected chi connectivity index (χ0v) is 11.4. The predicted octanol–water partition coefficient (Wildman–Crippen LogP) is 1.58. The van der Waals surface area contributed by atoms with Crippen molar-refractivity contribution in [3.63, 3.8) is 0 Å². The standard InChI is InChI=1S/C14H21N3O2/c1-9-5-6-11(12(8-9)17-15)14(18)16-10(2)13-4-3-7-19-13/h5-6,8,10,13,17H,3-4,7,15H2,1-2H3,(H,16,18). The minimum absolute atomic E-state index is 0.00178. The Bertz CT molecular complexity index is 456. The molecular weight excluding hydrogens is 242 g/mol. The Labute approximate surface area is 113 Å². The molecule has 2 unspecified atom stereocenters. The van der Waals surface area contributed by atoms with Gasteiger partial charge in [0.05, 0.1) is 23.4 Å². The van der Waals surface area contributed by atoms with Crippen LogP contribution in [0, 0.1) is 6.92 Å². The average molecular weight is 263 g/mol. The Morgan fingerprint density at radius 1 is 1.53 bits per heavy atom. The van der Waals surface area contributed by atoms with Crippen LogP contribution in [0.3, 0.4) is 0 Å². The summed E-state index contributed by atoms with van der Waals surface area (Å²) in [5, 5.41) is 2.97. The molecule has 0 bridgehead atoms. The molecule has 5 nitrogen and oxygen atoms in total. The zero-order valence-electron chi connectivity index (χ0n) is 11.4. The summed E-state index contributed by atoms with van der Waals surface area (Å²) in [6.07, 6.45) is 2.17. The molecule has 5 heteroatoms. The minimum Gasteiger partial charge on any atom is -0.376 e. The molecule has 104 valence electrons. The third-order valence-corrected chi connectivity index (χ3v) is 3.46. The van der Waals surface area contributed by atoms with Crippen molar-refractivity contribution in [2.24, 2.45) is 5.84 Å². The summed E-state index contributed by atoms with van der Waals surface area (Å²) in [4.78, 5) is 12.2. The van der Waals surface area contributed by atoms with E-state index in [0.717, 1.165) is 25.0 Å². The fourth-order valence-corrected chi connectivity index (χ4v) is 2.35. The second-order valence-corrected chi connectivity index (χ2v) is 5.01. The summed E-state index contributed by atoms with van der Waals surface area (Å²) < 4.78 is 5.57. The third-order valence-electron chi connectivity index (χ3n) is 3.46. The molecule has 0 aliphatic carbocycles. The van der Waals surface area contributed by atoms with Gasteiger partial charge in [-0.15, -0.1) is 0 Å². The van der Waals surface area contributed by atoms with Gasteiger partial charge >= 0.3 is 0 Å². The molecule has 1 aromatic rings. The number of hydrazine groups is 1. The lowest BCUT2D eigenvalue weighted by Gasteiger charge is -2.20. The molecule has 1 amide bonds. The number of hydrogen-bond acceptors (Lipinski definition) is 4. The van der Waals surface area contributed by atoms with Gasteiger partial charge in [0.25, 0.3) is 5.91 Å². The van der Waals surface area contributed by atoms with Gasteiger partial charge in [-0.2, -0.15) is 0 Å². The van der Waals surface area contributed by atoms with Crippen LogP contribution in [0.1, 0.15) is 35.7 Å². The summed E-state index contributed by atoms with van der Waals surface area (Å²) in [5.74, 6) is 5.33. The summed E-state index contributed by atoms with van der Waals surface area (Å²) in [6.45, 7) is 4.71. The highest BCUT2D eigenvalue weighted by molar-refractivity contribution is 5.99. The van der Waals surface area contributed by atoms with Crippen molar-refractivity contribution in [3.8, 4) is 0 Å². The van der Waals surface area contributed by atoms with E-state index in [1.165, 1.54) is 0 Å². The van der Waals surface area contributed by atoms with Gasteiger partial charge in [-0.3, -0.25) is 10.6 Å². The van der Waals surface area contributed by atoms with Gasteiger partial charge in [0.1, 0.15) is 0 Å². The Morgan fingerprint density at radius 3 is 2.95 bits per heavy atom. The second-order valence-electron chi connectivity index (χ2n) is 5.01. The van der Waals surface area contributed by atoms with Crippen molar-refractivity contribution < 1.29 is 9.53 Å². The SMILES string of the molecule is Cc1ccc(C(=O)NC(C)C2CCCO2)c(NN)c1. The van der Waals surface area contributed by atoms with Crippen LogP contribution in [-0.2, 0) is 4.74 Å². The Balaban J connectivity index is 2.06. The summed E-state index contributed by atoms with van der Waals surface area (Å²) in [7, 11) is 0. The molecule has 1 fully saturated rings. The van der Waals surface area contributed by atoms with E-state index >= 15 is 0 Å². The van der Waals surface area contributed by atoms with Crippen molar-refractivity contribution in [1.82, 2.24) is 5.32 Å². The number of nitrogens with one attached hydrogen (secondary N) is 2. The molecule has 2 atom stereocenters. The summed E-state index contributed by atoms with van der Waals surface area (Å²) in [6, 6.07) is 5.53. The van der Waals surface area contributed by atoms with Crippen LogP contribution < -0.4 is 16.6 Å². The number of rotatable bonds is 4. The maximum Gasteiger partial charge on any atom is 0.253 e. The number of amides is 1. The van der Waals surface area contributed by atoms with Gasteiger partial charge in [-0.1, -0.05) is 6.07 Å².